The Morgan fingerprint density at radius 3 is 2.36 bits per heavy atom. The SMILES string of the molecule is CC(=O)OC1/C=C(/C)C(OC(C)=O)C/C=C(/C)CCC2C(/C=C\C1=O)C2(C)C. The maximum atomic E-state index is 12.7. The highest BCUT2D eigenvalue weighted by Gasteiger charge is 2.55. The van der Waals surface area contributed by atoms with Crippen molar-refractivity contribution in [3.63, 3.8) is 0 Å². The maximum Gasteiger partial charge on any atom is 0.303 e. The quantitative estimate of drug-likeness (QED) is 0.520. The molecule has 0 heterocycles. The van der Waals surface area contributed by atoms with Crippen LogP contribution in [0.4, 0.5) is 0 Å². The molecule has 5 heteroatoms. The lowest BCUT2D eigenvalue weighted by Gasteiger charge is -2.19. The van der Waals surface area contributed by atoms with Gasteiger partial charge in [-0.2, -0.15) is 0 Å². The molecule has 4 unspecified atom stereocenters. The molecule has 0 bridgehead atoms. The lowest BCUT2D eigenvalue weighted by atomic mass is 10.00. The number of allylic oxidation sites excluding steroid dienone is 2. The molecule has 0 aromatic rings. The molecule has 0 amide bonds. The van der Waals surface area contributed by atoms with E-state index in [9.17, 15) is 14.4 Å². The maximum absolute atomic E-state index is 12.7. The Kier molecular flexibility index (Phi) is 7.02. The van der Waals surface area contributed by atoms with E-state index in [1.807, 2.05) is 6.08 Å². The largest absolute Gasteiger partial charge is 0.458 e. The number of hydrogen-bond acceptors (Lipinski definition) is 5. The van der Waals surface area contributed by atoms with E-state index >= 15 is 0 Å². The van der Waals surface area contributed by atoms with Gasteiger partial charge in [0.25, 0.3) is 0 Å². The van der Waals surface area contributed by atoms with Gasteiger partial charge in [-0.05, 0) is 61.7 Å². The summed E-state index contributed by atoms with van der Waals surface area (Å²) in [6, 6.07) is 0. The first-order valence-electron chi connectivity index (χ1n) is 9.92. The number of fused-ring (bicyclic) bond motifs is 1. The first-order valence-corrected chi connectivity index (χ1v) is 9.92. The van der Waals surface area contributed by atoms with Crippen molar-refractivity contribution >= 4 is 17.7 Å². The molecule has 5 nitrogen and oxygen atoms in total. The first kappa shape index (κ1) is 22.1. The average Bonchev–Trinajstić information content (AvgIpc) is 3.11. The highest BCUT2D eigenvalue weighted by molar-refractivity contribution is 5.96. The first-order chi connectivity index (χ1) is 13.0. The summed E-state index contributed by atoms with van der Waals surface area (Å²) in [6.07, 6.45) is 8.25. The van der Waals surface area contributed by atoms with Crippen LogP contribution in [-0.2, 0) is 23.9 Å². The Morgan fingerprint density at radius 2 is 1.75 bits per heavy atom. The van der Waals surface area contributed by atoms with Crippen LogP contribution in [0.25, 0.3) is 0 Å². The van der Waals surface area contributed by atoms with Crippen LogP contribution in [0, 0.1) is 17.3 Å². The van der Waals surface area contributed by atoms with E-state index in [0.717, 1.165) is 12.8 Å². The highest BCUT2D eigenvalue weighted by atomic mass is 16.5. The Morgan fingerprint density at radius 1 is 1.11 bits per heavy atom. The molecular formula is C23H32O5. The molecule has 0 saturated heterocycles. The smallest absolute Gasteiger partial charge is 0.303 e. The van der Waals surface area contributed by atoms with Gasteiger partial charge in [-0.25, -0.2) is 0 Å². The van der Waals surface area contributed by atoms with E-state index in [-0.39, 0.29) is 17.2 Å². The van der Waals surface area contributed by atoms with Gasteiger partial charge in [-0.1, -0.05) is 31.6 Å². The Labute approximate surface area is 167 Å². The van der Waals surface area contributed by atoms with Crippen molar-refractivity contribution in [2.45, 2.75) is 73.0 Å². The highest BCUT2D eigenvalue weighted by Crippen LogP contribution is 2.61. The predicted octanol–water partition coefficient (Wildman–Crippen LogP) is 4.32. The third-order valence-electron chi connectivity index (χ3n) is 5.94. The lowest BCUT2D eigenvalue weighted by Crippen LogP contribution is -2.25. The van der Waals surface area contributed by atoms with Crippen molar-refractivity contribution in [2.24, 2.45) is 17.3 Å². The summed E-state index contributed by atoms with van der Waals surface area (Å²) in [5.74, 6) is -0.314. The summed E-state index contributed by atoms with van der Waals surface area (Å²) < 4.78 is 10.7. The van der Waals surface area contributed by atoms with Gasteiger partial charge in [-0.15, -0.1) is 0 Å². The molecule has 4 atom stereocenters. The fourth-order valence-electron chi connectivity index (χ4n) is 4.03. The van der Waals surface area contributed by atoms with Crippen molar-refractivity contribution in [2.75, 3.05) is 0 Å². The minimum absolute atomic E-state index is 0.167. The fraction of sp³-hybridized carbons (Fsp3) is 0.609. The Hall–Kier alpha value is -2.17. The summed E-state index contributed by atoms with van der Waals surface area (Å²) in [4.78, 5) is 35.7. The lowest BCUT2D eigenvalue weighted by molar-refractivity contribution is -0.149. The fourth-order valence-corrected chi connectivity index (χ4v) is 4.03. The van der Waals surface area contributed by atoms with Gasteiger partial charge >= 0.3 is 11.9 Å². The normalized spacial score (nSPS) is 35.1. The van der Waals surface area contributed by atoms with E-state index < -0.39 is 18.2 Å². The van der Waals surface area contributed by atoms with Gasteiger partial charge in [0.1, 0.15) is 6.10 Å². The molecule has 0 spiro atoms. The van der Waals surface area contributed by atoms with Crippen LogP contribution >= 0.6 is 0 Å². The standard InChI is InChI=1S/C23H32O5/c1-14-7-9-18-19(23(18,5)6)10-11-20(26)22(28-17(4)25)13-15(2)21(12-8-14)27-16(3)24/h8,10-11,13,18-19,21-22H,7,9,12H2,1-6H3/b11-10-,14-8-,15-13-. The van der Waals surface area contributed by atoms with Gasteiger partial charge in [-0.3, -0.25) is 14.4 Å². The molecule has 2 aliphatic rings. The summed E-state index contributed by atoms with van der Waals surface area (Å²) in [5, 5.41) is 0. The average molecular weight is 389 g/mol. The zero-order chi connectivity index (χ0) is 21.1. The summed E-state index contributed by atoms with van der Waals surface area (Å²) >= 11 is 0. The Bertz CT molecular complexity index is 725. The molecule has 2 rings (SSSR count). The predicted molar refractivity (Wildman–Crippen MR) is 107 cm³/mol. The molecule has 28 heavy (non-hydrogen) atoms. The van der Waals surface area contributed by atoms with Crippen molar-refractivity contribution in [1.82, 2.24) is 0 Å². The molecule has 0 aromatic heterocycles. The van der Waals surface area contributed by atoms with Gasteiger partial charge in [0.2, 0.25) is 0 Å². The van der Waals surface area contributed by atoms with E-state index in [4.69, 9.17) is 9.47 Å². The molecule has 1 saturated carbocycles. The molecule has 0 aromatic carbocycles. The minimum atomic E-state index is -1.01. The Balaban J connectivity index is 2.37. The molecular weight excluding hydrogens is 356 g/mol. The van der Waals surface area contributed by atoms with Crippen LogP contribution in [0.5, 0.6) is 0 Å². The molecule has 154 valence electrons. The molecule has 0 aliphatic heterocycles. The van der Waals surface area contributed by atoms with Gasteiger partial charge in [0, 0.05) is 20.3 Å². The number of carbonyl (C=O) groups excluding carboxylic acids is 3. The van der Waals surface area contributed by atoms with E-state index in [0.29, 0.717) is 23.8 Å². The second kappa shape index (κ2) is 8.89. The topological polar surface area (TPSA) is 69.7 Å². The zero-order valence-corrected chi connectivity index (χ0v) is 17.8. The van der Waals surface area contributed by atoms with Gasteiger partial charge in [0.15, 0.2) is 11.9 Å². The van der Waals surface area contributed by atoms with E-state index in [1.54, 1.807) is 19.1 Å². The molecule has 0 N–H and O–H groups in total. The second-order valence-corrected chi connectivity index (χ2v) is 8.58. The summed E-state index contributed by atoms with van der Waals surface area (Å²) in [6.45, 7) is 11.0. The number of ketones is 1. The molecule has 1 fully saturated rings. The van der Waals surface area contributed by atoms with Crippen LogP contribution in [-0.4, -0.2) is 29.9 Å². The number of hydrogen-bond donors (Lipinski definition) is 0. The zero-order valence-electron chi connectivity index (χ0n) is 17.8. The van der Waals surface area contributed by atoms with Crippen LogP contribution in [0.15, 0.2) is 35.5 Å². The van der Waals surface area contributed by atoms with Crippen LogP contribution in [0.3, 0.4) is 0 Å². The summed E-state index contributed by atoms with van der Waals surface area (Å²) in [5.41, 5.74) is 2.12. The summed E-state index contributed by atoms with van der Waals surface area (Å²) in [7, 11) is 0. The number of esters is 2. The van der Waals surface area contributed by atoms with E-state index in [2.05, 4.69) is 26.8 Å². The van der Waals surface area contributed by atoms with Crippen molar-refractivity contribution < 1.29 is 23.9 Å². The monoisotopic (exact) mass is 388 g/mol. The van der Waals surface area contributed by atoms with Crippen molar-refractivity contribution in [1.29, 1.82) is 0 Å². The third-order valence-corrected chi connectivity index (χ3v) is 5.94. The second-order valence-electron chi connectivity index (χ2n) is 8.58. The number of carbonyl (C=O) groups is 3. The van der Waals surface area contributed by atoms with Gasteiger partial charge < -0.3 is 9.47 Å². The van der Waals surface area contributed by atoms with Crippen LogP contribution in [0.2, 0.25) is 0 Å². The van der Waals surface area contributed by atoms with Crippen LogP contribution < -0.4 is 0 Å². The van der Waals surface area contributed by atoms with Crippen LogP contribution in [0.1, 0.15) is 60.8 Å². The van der Waals surface area contributed by atoms with Gasteiger partial charge in [0.05, 0.1) is 0 Å². The number of rotatable bonds is 2. The molecule has 0 radical (unpaired) electrons. The number of ether oxygens (including phenoxy) is 2. The van der Waals surface area contributed by atoms with Crippen molar-refractivity contribution in [3.05, 3.63) is 35.5 Å². The minimum Gasteiger partial charge on any atom is -0.458 e. The van der Waals surface area contributed by atoms with E-state index in [1.165, 1.54) is 19.4 Å². The third kappa shape index (κ3) is 5.66. The molecule has 2 aliphatic carbocycles. The van der Waals surface area contributed by atoms with Crippen molar-refractivity contribution in [3.8, 4) is 0 Å².